The van der Waals surface area contributed by atoms with E-state index in [0.29, 0.717) is 16.5 Å². The topological polar surface area (TPSA) is 119 Å². The molecule has 3 aromatic heterocycles. The number of aryl methyl sites for hydroxylation is 1. The molecule has 0 fully saturated rings. The van der Waals surface area contributed by atoms with E-state index in [1.54, 1.807) is 55.0 Å². The molecule has 31 heavy (non-hydrogen) atoms. The fraction of sp³-hybridized carbons (Fsp3) is 0.100. The van der Waals surface area contributed by atoms with E-state index in [1.807, 2.05) is 6.92 Å². The number of rotatable bonds is 7. The predicted molar refractivity (Wildman–Crippen MR) is 119 cm³/mol. The van der Waals surface area contributed by atoms with Crippen molar-refractivity contribution in [3.63, 3.8) is 0 Å². The van der Waals surface area contributed by atoms with Crippen molar-refractivity contribution in [1.82, 2.24) is 19.9 Å². The van der Waals surface area contributed by atoms with E-state index in [1.165, 1.54) is 24.6 Å². The largest absolute Gasteiger partial charge is 0.495 e. The van der Waals surface area contributed by atoms with Gasteiger partial charge >= 0.3 is 0 Å². The lowest BCUT2D eigenvalue weighted by atomic mass is 10.1. The molecule has 0 aliphatic heterocycles. The van der Waals surface area contributed by atoms with E-state index in [0.717, 1.165) is 10.6 Å². The standard InChI is InChI=1S/C20H18N6O3S2/c1-13-19(30-20(24-13)25-18-12-21-9-10-23-18)14-6-7-15(29-2)16(11-14)31(27,28)26-17-5-3-4-8-22-17/h3-12H,1-2H3,(H,22,26)(H,23,24,25). The van der Waals surface area contributed by atoms with E-state index in [4.69, 9.17) is 4.74 Å². The molecule has 0 aliphatic carbocycles. The number of anilines is 3. The molecule has 3 heterocycles. The molecule has 1 aromatic carbocycles. The molecule has 0 atom stereocenters. The van der Waals surface area contributed by atoms with Crippen LogP contribution in [0.15, 0.2) is 66.1 Å². The monoisotopic (exact) mass is 454 g/mol. The number of methoxy groups -OCH3 is 1. The third-order valence-corrected chi connectivity index (χ3v) is 6.71. The molecule has 0 radical (unpaired) electrons. The number of ether oxygens (including phenoxy) is 1. The average molecular weight is 455 g/mol. The lowest BCUT2D eigenvalue weighted by molar-refractivity contribution is 0.403. The Hall–Kier alpha value is -3.57. The summed E-state index contributed by atoms with van der Waals surface area (Å²) in [6.07, 6.45) is 6.27. The van der Waals surface area contributed by atoms with Gasteiger partial charge in [-0.2, -0.15) is 0 Å². The smallest absolute Gasteiger partial charge is 0.266 e. The van der Waals surface area contributed by atoms with Gasteiger partial charge in [0.05, 0.1) is 23.9 Å². The summed E-state index contributed by atoms with van der Waals surface area (Å²) in [7, 11) is -2.50. The highest BCUT2D eigenvalue weighted by Crippen LogP contribution is 2.37. The third kappa shape index (κ3) is 4.62. The van der Waals surface area contributed by atoms with Crippen molar-refractivity contribution in [3.05, 3.63) is 66.9 Å². The Morgan fingerprint density at radius 1 is 1.03 bits per heavy atom. The van der Waals surface area contributed by atoms with Crippen LogP contribution < -0.4 is 14.8 Å². The van der Waals surface area contributed by atoms with Crippen molar-refractivity contribution in [2.24, 2.45) is 0 Å². The summed E-state index contributed by atoms with van der Waals surface area (Å²) in [5.41, 5.74) is 1.45. The van der Waals surface area contributed by atoms with E-state index < -0.39 is 10.0 Å². The van der Waals surface area contributed by atoms with Crippen LogP contribution in [0.4, 0.5) is 16.8 Å². The van der Waals surface area contributed by atoms with Crippen molar-refractivity contribution in [2.45, 2.75) is 11.8 Å². The zero-order valence-electron chi connectivity index (χ0n) is 16.6. The van der Waals surface area contributed by atoms with Crippen molar-refractivity contribution in [1.29, 1.82) is 0 Å². The molecule has 4 rings (SSSR count). The summed E-state index contributed by atoms with van der Waals surface area (Å²) in [6, 6.07) is 9.97. The van der Waals surface area contributed by atoms with E-state index in [9.17, 15) is 8.42 Å². The van der Waals surface area contributed by atoms with Gasteiger partial charge in [0.1, 0.15) is 16.5 Å². The summed E-state index contributed by atoms with van der Waals surface area (Å²) in [4.78, 5) is 17.6. The van der Waals surface area contributed by atoms with E-state index in [2.05, 4.69) is 30.0 Å². The van der Waals surface area contributed by atoms with Gasteiger partial charge in [-0.25, -0.2) is 23.4 Å². The van der Waals surface area contributed by atoms with Gasteiger partial charge in [0.25, 0.3) is 10.0 Å². The van der Waals surface area contributed by atoms with E-state index >= 15 is 0 Å². The Kier molecular flexibility index (Phi) is 5.78. The first-order valence-corrected chi connectivity index (χ1v) is 11.4. The maximum atomic E-state index is 13.0. The van der Waals surface area contributed by atoms with Crippen LogP contribution in [-0.2, 0) is 10.0 Å². The summed E-state index contributed by atoms with van der Waals surface area (Å²) in [5.74, 6) is 1.02. The summed E-state index contributed by atoms with van der Waals surface area (Å²) in [5, 5.41) is 3.73. The van der Waals surface area contributed by atoms with Gasteiger partial charge < -0.3 is 10.1 Å². The molecule has 4 aromatic rings. The van der Waals surface area contributed by atoms with Crippen LogP contribution in [0.2, 0.25) is 0 Å². The fourth-order valence-corrected chi connectivity index (χ4v) is 5.01. The second-order valence-corrected chi connectivity index (χ2v) is 8.99. The first-order chi connectivity index (χ1) is 15.0. The first kappa shape index (κ1) is 20.7. The minimum atomic E-state index is -3.93. The van der Waals surface area contributed by atoms with Gasteiger partial charge in [0, 0.05) is 18.6 Å². The molecule has 0 saturated heterocycles. The highest BCUT2D eigenvalue weighted by atomic mass is 32.2. The zero-order chi connectivity index (χ0) is 21.8. The van der Waals surface area contributed by atoms with Crippen LogP contribution in [0.5, 0.6) is 5.75 Å². The van der Waals surface area contributed by atoms with Gasteiger partial charge in [-0.3, -0.25) is 9.71 Å². The SMILES string of the molecule is COc1ccc(-c2sc(Nc3cnccn3)nc2C)cc1S(=O)(=O)Nc1ccccn1. The van der Waals surface area contributed by atoms with Crippen LogP contribution in [0.3, 0.4) is 0 Å². The second-order valence-electron chi connectivity index (χ2n) is 6.34. The van der Waals surface area contributed by atoms with Crippen molar-refractivity contribution in [2.75, 3.05) is 17.1 Å². The lowest BCUT2D eigenvalue weighted by Gasteiger charge is -2.12. The van der Waals surface area contributed by atoms with Gasteiger partial charge in [0.2, 0.25) is 0 Å². The van der Waals surface area contributed by atoms with Crippen LogP contribution in [0, 0.1) is 6.92 Å². The predicted octanol–water partition coefficient (Wildman–Crippen LogP) is 3.86. The number of benzene rings is 1. The Labute approximate surface area is 183 Å². The summed E-state index contributed by atoms with van der Waals surface area (Å²) >= 11 is 1.39. The second kappa shape index (κ2) is 8.66. The number of hydrogen-bond donors (Lipinski definition) is 2. The van der Waals surface area contributed by atoms with E-state index in [-0.39, 0.29) is 16.5 Å². The molecule has 158 valence electrons. The molecular formula is C20H18N6O3S2. The number of aromatic nitrogens is 4. The minimum absolute atomic E-state index is 0.00869. The molecule has 0 unspecified atom stereocenters. The molecule has 11 heteroatoms. The summed E-state index contributed by atoms with van der Waals surface area (Å²) in [6.45, 7) is 1.86. The summed E-state index contributed by atoms with van der Waals surface area (Å²) < 4.78 is 33.8. The quantitative estimate of drug-likeness (QED) is 0.432. The van der Waals surface area contributed by atoms with Gasteiger partial charge in [0.15, 0.2) is 10.9 Å². The Bertz CT molecular complexity index is 1300. The van der Waals surface area contributed by atoms with Crippen LogP contribution in [0.25, 0.3) is 10.4 Å². The lowest BCUT2D eigenvalue weighted by Crippen LogP contribution is -2.15. The zero-order valence-corrected chi connectivity index (χ0v) is 18.2. The molecule has 0 bridgehead atoms. The highest BCUT2D eigenvalue weighted by Gasteiger charge is 2.22. The normalized spacial score (nSPS) is 11.2. The number of thiazole rings is 1. The molecular weight excluding hydrogens is 436 g/mol. The molecule has 2 N–H and O–H groups in total. The van der Waals surface area contributed by atoms with Crippen molar-refractivity contribution < 1.29 is 13.2 Å². The number of sulfonamides is 1. The highest BCUT2D eigenvalue weighted by molar-refractivity contribution is 7.92. The van der Waals surface area contributed by atoms with Crippen molar-refractivity contribution in [3.8, 4) is 16.2 Å². The van der Waals surface area contributed by atoms with Gasteiger partial charge in [-0.15, -0.1) is 0 Å². The average Bonchev–Trinajstić information content (AvgIpc) is 3.14. The number of nitrogens with one attached hydrogen (secondary N) is 2. The molecule has 0 aliphatic rings. The number of hydrogen-bond acceptors (Lipinski definition) is 9. The Morgan fingerprint density at radius 3 is 2.58 bits per heavy atom. The molecule has 0 spiro atoms. The van der Waals surface area contributed by atoms with Crippen molar-refractivity contribution >= 4 is 38.1 Å². The molecule has 0 saturated carbocycles. The van der Waals surface area contributed by atoms with Crippen LogP contribution in [0.1, 0.15) is 5.69 Å². The maximum absolute atomic E-state index is 13.0. The molecule has 9 nitrogen and oxygen atoms in total. The molecule has 0 amide bonds. The number of nitrogens with zero attached hydrogens (tertiary/aromatic N) is 4. The van der Waals surface area contributed by atoms with Crippen LogP contribution >= 0.6 is 11.3 Å². The van der Waals surface area contributed by atoms with Gasteiger partial charge in [-0.05, 0) is 42.8 Å². The maximum Gasteiger partial charge on any atom is 0.266 e. The van der Waals surface area contributed by atoms with Crippen LogP contribution in [-0.4, -0.2) is 35.5 Å². The third-order valence-electron chi connectivity index (χ3n) is 4.21. The fourth-order valence-electron chi connectivity index (χ4n) is 2.83. The Balaban J connectivity index is 1.69. The first-order valence-electron chi connectivity index (χ1n) is 9.09. The minimum Gasteiger partial charge on any atom is -0.495 e. The van der Waals surface area contributed by atoms with Gasteiger partial charge in [-0.1, -0.05) is 17.4 Å². The number of pyridine rings is 1. The Morgan fingerprint density at radius 2 is 1.87 bits per heavy atom.